The minimum absolute atomic E-state index is 0.394. The standard InChI is InChI=1S/C13H16N2O2/c1-10-5-3-6-12(9-10)7-4-8-14-15-11(2)13(16)17/h3-7,9,11H,8H2,1-2H3,(H,16,17). The van der Waals surface area contributed by atoms with E-state index in [0.717, 1.165) is 5.56 Å². The van der Waals surface area contributed by atoms with Crippen LogP contribution < -0.4 is 0 Å². The number of azo groups is 1. The van der Waals surface area contributed by atoms with E-state index in [0.29, 0.717) is 6.54 Å². The maximum absolute atomic E-state index is 10.5. The van der Waals surface area contributed by atoms with Gasteiger partial charge in [0.15, 0.2) is 6.04 Å². The summed E-state index contributed by atoms with van der Waals surface area (Å²) in [5.74, 6) is -0.962. The monoisotopic (exact) mass is 232 g/mol. The Balaban J connectivity index is 2.43. The molecule has 0 bridgehead atoms. The summed E-state index contributed by atoms with van der Waals surface area (Å²) < 4.78 is 0. The summed E-state index contributed by atoms with van der Waals surface area (Å²) in [4.78, 5) is 10.5. The Morgan fingerprint density at radius 2 is 2.29 bits per heavy atom. The van der Waals surface area contributed by atoms with E-state index in [4.69, 9.17) is 5.11 Å². The number of rotatable bonds is 5. The first-order valence-corrected chi connectivity index (χ1v) is 5.42. The molecule has 1 atom stereocenters. The number of hydrogen-bond acceptors (Lipinski definition) is 3. The SMILES string of the molecule is Cc1cccc(C=CCN=NC(C)C(=O)O)c1. The van der Waals surface area contributed by atoms with Crippen LogP contribution in [0.25, 0.3) is 6.08 Å². The lowest BCUT2D eigenvalue weighted by atomic mass is 10.1. The van der Waals surface area contributed by atoms with Gasteiger partial charge in [0.05, 0.1) is 6.54 Å². The Bertz CT molecular complexity index is 439. The van der Waals surface area contributed by atoms with Crippen molar-refractivity contribution in [3.8, 4) is 0 Å². The molecule has 1 N–H and O–H groups in total. The van der Waals surface area contributed by atoms with Crippen LogP contribution in [0.15, 0.2) is 40.6 Å². The van der Waals surface area contributed by atoms with Gasteiger partial charge in [-0.2, -0.15) is 10.2 Å². The van der Waals surface area contributed by atoms with Gasteiger partial charge in [-0.3, -0.25) is 0 Å². The zero-order valence-electron chi connectivity index (χ0n) is 10.00. The number of nitrogens with zero attached hydrogens (tertiary/aromatic N) is 2. The van der Waals surface area contributed by atoms with Crippen LogP contribution in [0.5, 0.6) is 0 Å². The van der Waals surface area contributed by atoms with E-state index in [1.807, 2.05) is 37.3 Å². The quantitative estimate of drug-likeness (QED) is 0.793. The summed E-state index contributed by atoms with van der Waals surface area (Å²) in [6, 6.07) is 7.31. The van der Waals surface area contributed by atoms with Crippen molar-refractivity contribution in [3.05, 3.63) is 41.5 Å². The van der Waals surface area contributed by atoms with Gasteiger partial charge in [-0.15, -0.1) is 0 Å². The fraction of sp³-hybridized carbons (Fsp3) is 0.308. The Morgan fingerprint density at radius 1 is 1.53 bits per heavy atom. The average molecular weight is 232 g/mol. The van der Waals surface area contributed by atoms with Crippen molar-refractivity contribution >= 4 is 12.0 Å². The molecular formula is C13H16N2O2. The van der Waals surface area contributed by atoms with Crippen LogP contribution in [0, 0.1) is 6.92 Å². The predicted octanol–water partition coefficient (Wildman–Crippen LogP) is 2.93. The van der Waals surface area contributed by atoms with Gasteiger partial charge in [0.2, 0.25) is 0 Å². The minimum Gasteiger partial charge on any atom is -0.480 e. The van der Waals surface area contributed by atoms with Crippen LogP contribution in [-0.2, 0) is 4.79 Å². The normalized spacial score (nSPS) is 13.3. The Hall–Kier alpha value is -1.97. The van der Waals surface area contributed by atoms with Crippen molar-refractivity contribution in [1.82, 2.24) is 0 Å². The summed E-state index contributed by atoms with van der Waals surface area (Å²) in [5, 5.41) is 16.0. The average Bonchev–Trinajstić information content (AvgIpc) is 2.28. The summed E-state index contributed by atoms with van der Waals surface area (Å²) in [5.41, 5.74) is 2.31. The van der Waals surface area contributed by atoms with Gasteiger partial charge >= 0.3 is 5.97 Å². The van der Waals surface area contributed by atoms with Crippen molar-refractivity contribution in [2.45, 2.75) is 19.9 Å². The van der Waals surface area contributed by atoms with Gasteiger partial charge in [0.25, 0.3) is 0 Å². The maximum atomic E-state index is 10.5. The largest absolute Gasteiger partial charge is 0.480 e. The van der Waals surface area contributed by atoms with E-state index in [1.165, 1.54) is 12.5 Å². The van der Waals surface area contributed by atoms with Gasteiger partial charge in [0.1, 0.15) is 0 Å². The van der Waals surface area contributed by atoms with Crippen LogP contribution >= 0.6 is 0 Å². The third-order valence-corrected chi connectivity index (χ3v) is 2.15. The highest BCUT2D eigenvalue weighted by molar-refractivity contribution is 5.72. The second-order valence-electron chi connectivity index (χ2n) is 3.77. The molecule has 17 heavy (non-hydrogen) atoms. The molecule has 0 aliphatic heterocycles. The third kappa shape index (κ3) is 5.06. The fourth-order valence-corrected chi connectivity index (χ4v) is 1.23. The lowest BCUT2D eigenvalue weighted by Gasteiger charge is -1.95. The van der Waals surface area contributed by atoms with Crippen LogP contribution in [-0.4, -0.2) is 23.7 Å². The topological polar surface area (TPSA) is 62.0 Å². The summed E-state index contributed by atoms with van der Waals surface area (Å²) in [6.45, 7) is 3.92. The van der Waals surface area contributed by atoms with Gasteiger partial charge in [-0.1, -0.05) is 42.0 Å². The van der Waals surface area contributed by atoms with Gasteiger partial charge in [-0.05, 0) is 19.4 Å². The number of carbonyl (C=O) groups is 1. The first kappa shape index (κ1) is 13.1. The van der Waals surface area contributed by atoms with Gasteiger partial charge in [0, 0.05) is 0 Å². The molecule has 0 spiro atoms. The molecule has 4 heteroatoms. The maximum Gasteiger partial charge on any atom is 0.330 e. The third-order valence-electron chi connectivity index (χ3n) is 2.15. The van der Waals surface area contributed by atoms with Crippen molar-refractivity contribution in [3.63, 3.8) is 0 Å². The Kier molecular flexibility index (Phi) is 5.07. The molecule has 0 saturated carbocycles. The number of hydrogen-bond donors (Lipinski definition) is 1. The predicted molar refractivity (Wildman–Crippen MR) is 67.0 cm³/mol. The Morgan fingerprint density at radius 3 is 2.94 bits per heavy atom. The highest BCUT2D eigenvalue weighted by atomic mass is 16.4. The molecule has 0 amide bonds. The second-order valence-corrected chi connectivity index (χ2v) is 3.77. The van der Waals surface area contributed by atoms with Crippen molar-refractivity contribution in [1.29, 1.82) is 0 Å². The molecule has 0 aromatic heterocycles. The van der Waals surface area contributed by atoms with Gasteiger partial charge in [-0.25, -0.2) is 4.79 Å². The summed E-state index contributed by atoms with van der Waals surface area (Å²) in [7, 11) is 0. The Labute approximate surface area is 101 Å². The van der Waals surface area contributed by atoms with Crippen molar-refractivity contribution < 1.29 is 9.90 Å². The van der Waals surface area contributed by atoms with E-state index < -0.39 is 12.0 Å². The lowest BCUT2D eigenvalue weighted by molar-refractivity contribution is -0.138. The highest BCUT2D eigenvalue weighted by Gasteiger charge is 2.06. The van der Waals surface area contributed by atoms with Crippen LogP contribution in [0.3, 0.4) is 0 Å². The molecule has 90 valence electrons. The molecular weight excluding hydrogens is 216 g/mol. The molecule has 0 fully saturated rings. The summed E-state index contributed by atoms with van der Waals surface area (Å²) >= 11 is 0. The van der Waals surface area contributed by atoms with E-state index >= 15 is 0 Å². The van der Waals surface area contributed by atoms with E-state index in [-0.39, 0.29) is 0 Å². The van der Waals surface area contributed by atoms with Crippen molar-refractivity contribution in [2.24, 2.45) is 10.2 Å². The number of carboxylic acid groups (broad SMARTS) is 1. The minimum atomic E-state index is -0.962. The molecule has 1 rings (SSSR count). The van der Waals surface area contributed by atoms with Crippen molar-refractivity contribution in [2.75, 3.05) is 6.54 Å². The highest BCUT2D eigenvalue weighted by Crippen LogP contribution is 2.05. The number of aliphatic carboxylic acids is 1. The first-order chi connectivity index (χ1) is 8.09. The number of aryl methyl sites for hydroxylation is 1. The number of benzene rings is 1. The molecule has 0 aliphatic rings. The molecule has 0 aliphatic carbocycles. The molecule has 1 unspecified atom stereocenters. The molecule has 1 aromatic rings. The second kappa shape index (κ2) is 6.58. The number of carboxylic acids is 1. The lowest BCUT2D eigenvalue weighted by Crippen LogP contribution is -2.12. The molecule has 0 radical (unpaired) electrons. The van der Waals surface area contributed by atoms with E-state index in [9.17, 15) is 4.79 Å². The smallest absolute Gasteiger partial charge is 0.330 e. The van der Waals surface area contributed by atoms with E-state index in [1.54, 1.807) is 0 Å². The zero-order valence-corrected chi connectivity index (χ0v) is 10.00. The van der Waals surface area contributed by atoms with E-state index in [2.05, 4.69) is 16.3 Å². The first-order valence-electron chi connectivity index (χ1n) is 5.42. The van der Waals surface area contributed by atoms with Crippen LogP contribution in [0.1, 0.15) is 18.1 Å². The van der Waals surface area contributed by atoms with Crippen LogP contribution in [0.4, 0.5) is 0 Å². The summed E-state index contributed by atoms with van der Waals surface area (Å²) in [6.07, 6.45) is 3.80. The molecule has 1 aromatic carbocycles. The molecule has 0 heterocycles. The molecule has 4 nitrogen and oxygen atoms in total. The van der Waals surface area contributed by atoms with Crippen LogP contribution in [0.2, 0.25) is 0 Å². The fourth-order valence-electron chi connectivity index (χ4n) is 1.23. The molecule has 0 saturated heterocycles. The van der Waals surface area contributed by atoms with Gasteiger partial charge < -0.3 is 5.11 Å². The zero-order chi connectivity index (χ0) is 12.7.